The molecule has 2 N–H and O–H groups in total. The third-order valence-corrected chi connectivity index (χ3v) is 1.94. The molecule has 0 spiro atoms. The summed E-state index contributed by atoms with van der Waals surface area (Å²) >= 11 is 0. The highest BCUT2D eigenvalue weighted by atomic mass is 19.1. The van der Waals surface area contributed by atoms with Crippen LogP contribution in [0.3, 0.4) is 0 Å². The molecule has 0 saturated heterocycles. The number of nitrogen functional groups attached to an aromatic ring is 1. The molecular formula is C10H7F2N. The van der Waals surface area contributed by atoms with Crippen LogP contribution in [0.5, 0.6) is 0 Å². The van der Waals surface area contributed by atoms with Crippen molar-refractivity contribution in [2.45, 2.75) is 0 Å². The largest absolute Gasteiger partial charge is 0.398 e. The highest BCUT2D eigenvalue weighted by Crippen LogP contribution is 2.24. The van der Waals surface area contributed by atoms with E-state index in [2.05, 4.69) is 0 Å². The van der Waals surface area contributed by atoms with Crippen molar-refractivity contribution in [3.05, 3.63) is 42.0 Å². The third-order valence-electron chi connectivity index (χ3n) is 1.94. The molecule has 0 heterocycles. The van der Waals surface area contributed by atoms with Gasteiger partial charge in [0.2, 0.25) is 0 Å². The predicted octanol–water partition coefficient (Wildman–Crippen LogP) is 2.70. The molecule has 1 nitrogen and oxygen atoms in total. The van der Waals surface area contributed by atoms with Crippen molar-refractivity contribution in [3.8, 4) is 0 Å². The molecule has 0 aliphatic carbocycles. The molecule has 66 valence electrons. The molecule has 0 atom stereocenters. The lowest BCUT2D eigenvalue weighted by Gasteiger charge is -2.02. The number of fused-ring (bicyclic) bond motifs is 1. The van der Waals surface area contributed by atoms with Crippen molar-refractivity contribution >= 4 is 16.5 Å². The second-order valence-corrected chi connectivity index (χ2v) is 2.83. The lowest BCUT2D eigenvalue weighted by molar-refractivity contribution is 0.592. The van der Waals surface area contributed by atoms with Crippen molar-refractivity contribution in [1.29, 1.82) is 0 Å². The zero-order chi connectivity index (χ0) is 9.42. The van der Waals surface area contributed by atoms with E-state index in [0.717, 1.165) is 6.07 Å². The van der Waals surface area contributed by atoms with Crippen molar-refractivity contribution in [1.82, 2.24) is 0 Å². The van der Waals surface area contributed by atoms with Crippen LogP contribution in [-0.2, 0) is 0 Å². The van der Waals surface area contributed by atoms with Crippen LogP contribution in [0, 0.1) is 11.6 Å². The quantitative estimate of drug-likeness (QED) is 0.618. The van der Waals surface area contributed by atoms with Crippen molar-refractivity contribution in [2.75, 3.05) is 5.73 Å². The predicted molar refractivity (Wildman–Crippen MR) is 48.3 cm³/mol. The van der Waals surface area contributed by atoms with Gasteiger partial charge in [0.1, 0.15) is 11.6 Å². The standard InChI is InChI=1S/C10H7F2N/c11-6-4-8-7(9(12)5-6)2-1-3-10(8)13/h1-5H,13H2. The average molecular weight is 179 g/mol. The van der Waals surface area contributed by atoms with E-state index < -0.39 is 11.6 Å². The zero-order valence-electron chi connectivity index (χ0n) is 6.72. The van der Waals surface area contributed by atoms with Crippen molar-refractivity contribution in [2.24, 2.45) is 0 Å². The Hall–Kier alpha value is -1.64. The Balaban J connectivity index is 2.94. The lowest BCUT2D eigenvalue weighted by Crippen LogP contribution is -1.89. The van der Waals surface area contributed by atoms with Gasteiger partial charge in [0, 0.05) is 22.5 Å². The normalized spacial score (nSPS) is 10.6. The fourth-order valence-electron chi connectivity index (χ4n) is 1.33. The van der Waals surface area contributed by atoms with E-state index in [9.17, 15) is 8.78 Å². The van der Waals surface area contributed by atoms with Gasteiger partial charge >= 0.3 is 0 Å². The number of anilines is 1. The van der Waals surface area contributed by atoms with Gasteiger partial charge in [-0.15, -0.1) is 0 Å². The third kappa shape index (κ3) is 1.22. The van der Waals surface area contributed by atoms with E-state index in [0.29, 0.717) is 16.5 Å². The van der Waals surface area contributed by atoms with Gasteiger partial charge in [0.15, 0.2) is 0 Å². The molecule has 3 heteroatoms. The minimum atomic E-state index is -0.608. The molecule has 2 aromatic carbocycles. The zero-order valence-corrected chi connectivity index (χ0v) is 6.72. The Bertz CT molecular complexity index is 466. The van der Waals surface area contributed by atoms with Gasteiger partial charge in [0.25, 0.3) is 0 Å². The fourth-order valence-corrected chi connectivity index (χ4v) is 1.33. The maximum absolute atomic E-state index is 13.1. The average Bonchev–Trinajstić information content (AvgIpc) is 2.07. The smallest absolute Gasteiger partial charge is 0.134 e. The van der Waals surface area contributed by atoms with Gasteiger partial charge in [-0.05, 0) is 12.1 Å². The number of hydrogen-bond donors (Lipinski definition) is 1. The summed E-state index contributed by atoms with van der Waals surface area (Å²) in [6.45, 7) is 0. The number of benzene rings is 2. The molecule has 0 radical (unpaired) electrons. The molecule has 2 rings (SSSR count). The maximum atomic E-state index is 13.1. The molecule has 0 saturated carbocycles. The second-order valence-electron chi connectivity index (χ2n) is 2.83. The van der Waals surface area contributed by atoms with Crippen LogP contribution in [0.1, 0.15) is 0 Å². The molecule has 13 heavy (non-hydrogen) atoms. The van der Waals surface area contributed by atoms with Crippen LogP contribution in [-0.4, -0.2) is 0 Å². The number of rotatable bonds is 0. The number of hydrogen-bond acceptors (Lipinski definition) is 1. The highest BCUT2D eigenvalue weighted by Gasteiger charge is 2.04. The van der Waals surface area contributed by atoms with Crippen LogP contribution in [0.2, 0.25) is 0 Å². The van der Waals surface area contributed by atoms with Gasteiger partial charge in [-0.2, -0.15) is 0 Å². The summed E-state index contributed by atoms with van der Waals surface area (Å²) < 4.78 is 25.9. The molecule has 0 fully saturated rings. The van der Waals surface area contributed by atoms with Gasteiger partial charge in [-0.25, -0.2) is 8.78 Å². The summed E-state index contributed by atoms with van der Waals surface area (Å²) in [5, 5.41) is 0.765. The summed E-state index contributed by atoms with van der Waals surface area (Å²) in [5.74, 6) is -1.19. The van der Waals surface area contributed by atoms with Gasteiger partial charge in [-0.3, -0.25) is 0 Å². The van der Waals surface area contributed by atoms with Crippen LogP contribution >= 0.6 is 0 Å². The number of halogens is 2. The molecule has 0 unspecified atom stereocenters. The first kappa shape index (κ1) is 7.98. The monoisotopic (exact) mass is 179 g/mol. The van der Waals surface area contributed by atoms with E-state index in [1.165, 1.54) is 6.07 Å². The SMILES string of the molecule is Nc1cccc2c(F)cc(F)cc12. The summed E-state index contributed by atoms with van der Waals surface area (Å²) in [6, 6.07) is 6.90. The summed E-state index contributed by atoms with van der Waals surface area (Å²) in [5.41, 5.74) is 5.95. The van der Waals surface area contributed by atoms with Crippen LogP contribution < -0.4 is 5.73 Å². The highest BCUT2D eigenvalue weighted by molar-refractivity contribution is 5.93. The molecule has 0 bridgehead atoms. The Morgan fingerprint density at radius 1 is 1.00 bits per heavy atom. The van der Waals surface area contributed by atoms with Gasteiger partial charge in [-0.1, -0.05) is 12.1 Å². The summed E-state index contributed by atoms with van der Waals surface area (Å²) in [4.78, 5) is 0. The Labute approximate surface area is 73.8 Å². The second kappa shape index (κ2) is 2.69. The maximum Gasteiger partial charge on any atom is 0.134 e. The van der Waals surface area contributed by atoms with E-state index in [1.54, 1.807) is 18.2 Å². The fraction of sp³-hybridized carbons (Fsp3) is 0. The lowest BCUT2D eigenvalue weighted by atomic mass is 10.1. The molecule has 0 aromatic heterocycles. The van der Waals surface area contributed by atoms with Crippen LogP contribution in [0.4, 0.5) is 14.5 Å². The Morgan fingerprint density at radius 2 is 1.77 bits per heavy atom. The molecule has 0 aliphatic rings. The minimum Gasteiger partial charge on any atom is -0.398 e. The van der Waals surface area contributed by atoms with Crippen LogP contribution in [0.15, 0.2) is 30.3 Å². The van der Waals surface area contributed by atoms with Gasteiger partial charge < -0.3 is 5.73 Å². The first-order chi connectivity index (χ1) is 6.18. The van der Waals surface area contributed by atoms with E-state index >= 15 is 0 Å². The Kier molecular flexibility index (Phi) is 1.65. The molecule has 0 aliphatic heterocycles. The van der Waals surface area contributed by atoms with E-state index in [-0.39, 0.29) is 0 Å². The topological polar surface area (TPSA) is 26.0 Å². The van der Waals surface area contributed by atoms with Gasteiger partial charge in [0.05, 0.1) is 0 Å². The molecule has 2 aromatic rings. The van der Waals surface area contributed by atoms with Crippen molar-refractivity contribution in [3.63, 3.8) is 0 Å². The van der Waals surface area contributed by atoms with E-state index in [4.69, 9.17) is 5.73 Å². The first-order valence-corrected chi connectivity index (χ1v) is 3.82. The van der Waals surface area contributed by atoms with Crippen molar-refractivity contribution < 1.29 is 8.78 Å². The van der Waals surface area contributed by atoms with E-state index in [1.807, 2.05) is 0 Å². The summed E-state index contributed by atoms with van der Waals surface area (Å²) in [6.07, 6.45) is 0. The first-order valence-electron chi connectivity index (χ1n) is 3.82. The molecule has 0 amide bonds. The minimum absolute atomic E-state index is 0.349. The molecular weight excluding hydrogens is 172 g/mol. The Morgan fingerprint density at radius 3 is 2.54 bits per heavy atom. The van der Waals surface area contributed by atoms with Crippen LogP contribution in [0.25, 0.3) is 10.8 Å². The number of nitrogens with two attached hydrogens (primary N) is 1. The summed E-state index contributed by atoms with van der Waals surface area (Å²) in [7, 11) is 0.